The molecule has 0 radical (unpaired) electrons. The zero-order valence-corrected chi connectivity index (χ0v) is 13.0. The number of benzene rings is 1. The zero-order chi connectivity index (χ0) is 16.2. The lowest BCUT2D eigenvalue weighted by Gasteiger charge is -2.17. The quantitative estimate of drug-likeness (QED) is 0.711. The van der Waals surface area contributed by atoms with Gasteiger partial charge in [0, 0.05) is 18.0 Å². The van der Waals surface area contributed by atoms with E-state index < -0.39 is 0 Å². The second kappa shape index (κ2) is 6.48. The highest BCUT2D eigenvalue weighted by Crippen LogP contribution is 2.27. The first-order chi connectivity index (χ1) is 11.2. The van der Waals surface area contributed by atoms with E-state index in [9.17, 15) is 5.11 Å². The molecule has 0 bridgehead atoms. The van der Waals surface area contributed by atoms with E-state index in [1.54, 1.807) is 29.3 Å². The van der Waals surface area contributed by atoms with Crippen molar-refractivity contribution in [1.29, 1.82) is 0 Å². The SMILES string of the molecule is C=CCc1cc(-c2nccn2[C@@H](C)Cn2cncn2)ccc1O. The molecule has 0 fully saturated rings. The maximum Gasteiger partial charge on any atom is 0.140 e. The van der Waals surface area contributed by atoms with Crippen LogP contribution in [-0.4, -0.2) is 29.4 Å². The van der Waals surface area contributed by atoms with Gasteiger partial charge < -0.3 is 9.67 Å². The van der Waals surface area contributed by atoms with Crippen LogP contribution < -0.4 is 0 Å². The van der Waals surface area contributed by atoms with Gasteiger partial charge in [0.05, 0.1) is 12.6 Å². The highest BCUT2D eigenvalue weighted by molar-refractivity contribution is 5.59. The molecule has 0 saturated heterocycles. The van der Waals surface area contributed by atoms with Gasteiger partial charge >= 0.3 is 0 Å². The van der Waals surface area contributed by atoms with E-state index in [2.05, 4.69) is 33.1 Å². The molecular formula is C17H19N5O. The van der Waals surface area contributed by atoms with E-state index in [4.69, 9.17) is 0 Å². The Morgan fingerprint density at radius 1 is 1.39 bits per heavy atom. The largest absolute Gasteiger partial charge is 0.508 e. The van der Waals surface area contributed by atoms with Gasteiger partial charge in [0.25, 0.3) is 0 Å². The van der Waals surface area contributed by atoms with Gasteiger partial charge in [-0.15, -0.1) is 6.58 Å². The van der Waals surface area contributed by atoms with Crippen LogP contribution in [0, 0.1) is 0 Å². The average Bonchev–Trinajstić information content (AvgIpc) is 3.20. The molecular weight excluding hydrogens is 290 g/mol. The Hall–Kier alpha value is -2.89. The van der Waals surface area contributed by atoms with E-state index >= 15 is 0 Å². The first-order valence-corrected chi connectivity index (χ1v) is 7.47. The lowest BCUT2D eigenvalue weighted by molar-refractivity contribution is 0.439. The van der Waals surface area contributed by atoms with Crippen LogP contribution in [0.25, 0.3) is 11.4 Å². The lowest BCUT2D eigenvalue weighted by Crippen LogP contribution is -2.14. The second-order valence-corrected chi connectivity index (χ2v) is 5.46. The van der Waals surface area contributed by atoms with E-state index in [-0.39, 0.29) is 11.8 Å². The fraction of sp³-hybridized carbons (Fsp3) is 0.235. The third kappa shape index (κ3) is 3.15. The van der Waals surface area contributed by atoms with Crippen LogP contribution in [0.3, 0.4) is 0 Å². The van der Waals surface area contributed by atoms with Crippen molar-refractivity contribution in [2.24, 2.45) is 0 Å². The molecule has 0 spiro atoms. The lowest BCUT2D eigenvalue weighted by atomic mass is 10.1. The Labute approximate surface area is 134 Å². The van der Waals surface area contributed by atoms with Gasteiger partial charge in [0.15, 0.2) is 0 Å². The van der Waals surface area contributed by atoms with Gasteiger partial charge in [-0.05, 0) is 37.1 Å². The monoisotopic (exact) mass is 309 g/mol. The molecule has 118 valence electrons. The molecule has 1 aromatic carbocycles. The summed E-state index contributed by atoms with van der Waals surface area (Å²) in [6.07, 6.45) is 9.37. The zero-order valence-electron chi connectivity index (χ0n) is 13.0. The number of allylic oxidation sites excluding steroid dienone is 1. The van der Waals surface area contributed by atoms with Crippen LogP contribution in [0.1, 0.15) is 18.5 Å². The normalized spacial score (nSPS) is 12.2. The fourth-order valence-corrected chi connectivity index (χ4v) is 2.62. The van der Waals surface area contributed by atoms with Gasteiger partial charge in [0.2, 0.25) is 0 Å². The van der Waals surface area contributed by atoms with E-state index in [0.29, 0.717) is 13.0 Å². The Balaban J connectivity index is 1.91. The van der Waals surface area contributed by atoms with Crippen molar-refractivity contribution in [2.45, 2.75) is 25.9 Å². The first-order valence-electron chi connectivity index (χ1n) is 7.47. The highest BCUT2D eigenvalue weighted by atomic mass is 16.3. The number of hydrogen-bond donors (Lipinski definition) is 1. The molecule has 0 unspecified atom stereocenters. The van der Waals surface area contributed by atoms with Crippen molar-refractivity contribution in [1.82, 2.24) is 24.3 Å². The summed E-state index contributed by atoms with van der Waals surface area (Å²) in [5, 5.41) is 14.1. The van der Waals surface area contributed by atoms with Gasteiger partial charge in [0.1, 0.15) is 24.2 Å². The number of nitrogens with zero attached hydrogens (tertiary/aromatic N) is 5. The van der Waals surface area contributed by atoms with Crippen LogP contribution in [0.2, 0.25) is 0 Å². The Morgan fingerprint density at radius 2 is 2.26 bits per heavy atom. The average molecular weight is 309 g/mol. The maximum absolute atomic E-state index is 9.92. The van der Waals surface area contributed by atoms with Gasteiger partial charge in [-0.3, -0.25) is 4.68 Å². The van der Waals surface area contributed by atoms with Crippen molar-refractivity contribution in [3.8, 4) is 17.1 Å². The number of phenols is 1. The molecule has 1 atom stereocenters. The van der Waals surface area contributed by atoms with Crippen LogP contribution >= 0.6 is 0 Å². The van der Waals surface area contributed by atoms with Crippen LogP contribution in [0.15, 0.2) is 55.9 Å². The summed E-state index contributed by atoms with van der Waals surface area (Å²) in [6, 6.07) is 5.71. The highest BCUT2D eigenvalue weighted by Gasteiger charge is 2.14. The molecule has 6 heteroatoms. The van der Waals surface area contributed by atoms with Crippen molar-refractivity contribution in [3.63, 3.8) is 0 Å². The maximum atomic E-state index is 9.92. The summed E-state index contributed by atoms with van der Waals surface area (Å²) in [6.45, 7) is 6.55. The number of imidazole rings is 1. The smallest absolute Gasteiger partial charge is 0.140 e. The van der Waals surface area contributed by atoms with Crippen LogP contribution in [0.4, 0.5) is 0 Å². The molecule has 2 heterocycles. The molecule has 0 amide bonds. The van der Waals surface area contributed by atoms with E-state index in [1.165, 1.54) is 6.33 Å². The minimum atomic E-state index is 0.172. The number of rotatable bonds is 6. The number of aromatic nitrogens is 5. The summed E-state index contributed by atoms with van der Waals surface area (Å²) >= 11 is 0. The molecule has 0 aliphatic carbocycles. The Bertz CT molecular complexity index is 791. The number of hydrogen-bond acceptors (Lipinski definition) is 4. The molecule has 0 saturated carbocycles. The molecule has 3 aromatic rings. The molecule has 6 nitrogen and oxygen atoms in total. The topological polar surface area (TPSA) is 68.8 Å². The van der Waals surface area contributed by atoms with Crippen molar-refractivity contribution >= 4 is 0 Å². The van der Waals surface area contributed by atoms with E-state index in [1.807, 2.05) is 18.3 Å². The minimum Gasteiger partial charge on any atom is -0.508 e. The standard InChI is InChI=1S/C17H19N5O/c1-3-4-14-9-15(5-6-16(14)23)17-19-7-8-22(17)13(2)10-21-12-18-11-20-21/h3,5-9,11-13,23H,1,4,10H2,2H3/t13-/m0/s1. The predicted octanol–water partition coefficient (Wildman–Crippen LogP) is 2.84. The molecule has 0 aliphatic heterocycles. The molecule has 23 heavy (non-hydrogen) atoms. The molecule has 0 aliphatic rings. The van der Waals surface area contributed by atoms with Crippen molar-refractivity contribution < 1.29 is 5.11 Å². The van der Waals surface area contributed by atoms with Gasteiger partial charge in [-0.25, -0.2) is 9.97 Å². The summed E-state index contributed by atoms with van der Waals surface area (Å²) in [4.78, 5) is 8.45. The second-order valence-electron chi connectivity index (χ2n) is 5.46. The minimum absolute atomic E-state index is 0.172. The van der Waals surface area contributed by atoms with E-state index in [0.717, 1.165) is 17.0 Å². The Morgan fingerprint density at radius 3 is 3.00 bits per heavy atom. The number of aromatic hydroxyl groups is 1. The molecule has 3 rings (SSSR count). The Kier molecular flexibility index (Phi) is 4.23. The fourth-order valence-electron chi connectivity index (χ4n) is 2.62. The first kappa shape index (κ1) is 15.0. The molecule has 1 N–H and O–H groups in total. The third-order valence-corrected chi connectivity index (χ3v) is 3.76. The van der Waals surface area contributed by atoms with Crippen molar-refractivity contribution in [3.05, 3.63) is 61.5 Å². The molecule has 2 aromatic heterocycles. The predicted molar refractivity (Wildman–Crippen MR) is 88.0 cm³/mol. The van der Waals surface area contributed by atoms with Crippen molar-refractivity contribution in [2.75, 3.05) is 0 Å². The van der Waals surface area contributed by atoms with Gasteiger partial charge in [-0.2, -0.15) is 5.10 Å². The third-order valence-electron chi connectivity index (χ3n) is 3.76. The summed E-state index contributed by atoms with van der Waals surface area (Å²) in [7, 11) is 0. The number of phenolic OH excluding ortho intramolecular Hbond substituents is 1. The van der Waals surface area contributed by atoms with Gasteiger partial charge in [-0.1, -0.05) is 6.08 Å². The summed E-state index contributed by atoms with van der Waals surface area (Å²) in [5.41, 5.74) is 1.81. The van der Waals surface area contributed by atoms with Crippen LogP contribution in [0.5, 0.6) is 5.75 Å². The van der Waals surface area contributed by atoms with Crippen LogP contribution in [-0.2, 0) is 13.0 Å². The summed E-state index contributed by atoms with van der Waals surface area (Å²) < 4.78 is 3.90. The summed E-state index contributed by atoms with van der Waals surface area (Å²) in [5.74, 6) is 1.14.